The number of aliphatic hydroxyl groups excluding tert-OH is 1. The lowest BCUT2D eigenvalue weighted by Crippen LogP contribution is -2.21. The van der Waals surface area contributed by atoms with Gasteiger partial charge >= 0.3 is 0 Å². The zero-order valence-corrected chi connectivity index (χ0v) is 52.6. The topological polar surface area (TPSA) is 131 Å². The second-order valence-corrected chi connectivity index (χ2v) is 38.9. The summed E-state index contributed by atoms with van der Waals surface area (Å²) in [6, 6.07) is 37.0. The van der Waals surface area contributed by atoms with Crippen LogP contribution in [0.4, 0.5) is 0 Å². The number of nitrogens with one attached hydrogen (secondary N) is 1. The fraction of sp³-hybridized carbons (Fsp3) is 0.222. The number of thiophene rings is 4. The highest BCUT2D eigenvalue weighted by atomic mass is 32.1. The first-order valence-corrected chi connectivity index (χ1v) is 39.3. The van der Waals surface area contributed by atoms with Crippen LogP contribution >= 0.6 is 45.3 Å². The smallest absolute Gasteiger partial charge is 0.240 e. The summed E-state index contributed by atoms with van der Waals surface area (Å²) in [5.74, 6) is 9.42. The average molecular weight is 1170 g/mol. The maximum atomic E-state index is 12.6. The highest BCUT2D eigenvalue weighted by Crippen LogP contribution is 2.32. The third kappa shape index (κ3) is 18.3. The fourth-order valence-electron chi connectivity index (χ4n) is 7.25. The van der Waals surface area contributed by atoms with Gasteiger partial charge in [-0.25, -0.2) is 5.43 Å². The van der Waals surface area contributed by atoms with Crippen molar-refractivity contribution in [3.05, 3.63) is 165 Å². The van der Waals surface area contributed by atoms with Gasteiger partial charge in [-0.15, -0.1) is 62.0 Å². The quantitative estimate of drug-likeness (QED) is 0.0329. The molecule has 16 heteroatoms. The molecule has 79 heavy (non-hydrogen) atoms. The molecular weight excluding hydrogens is 1110 g/mol. The molecule has 1 unspecified atom stereocenters. The number of aliphatic hydroxyl groups is 1. The first kappa shape index (κ1) is 61.2. The number of ether oxygens (including phenoxy) is 2. The van der Waals surface area contributed by atoms with Gasteiger partial charge < -0.3 is 14.6 Å². The summed E-state index contributed by atoms with van der Waals surface area (Å²) in [6.45, 7) is 19.4. The predicted octanol–water partition coefficient (Wildman–Crippen LogP) is 15.8. The molecule has 1 atom stereocenters. The molecule has 0 aliphatic carbocycles. The predicted molar refractivity (Wildman–Crippen MR) is 343 cm³/mol. The Morgan fingerprint density at radius 3 is 1.63 bits per heavy atom. The molecule has 2 N–H and O–H groups in total. The van der Waals surface area contributed by atoms with Gasteiger partial charge in [-0.1, -0.05) is 144 Å². The maximum Gasteiger partial charge on any atom is 0.240 e. The highest BCUT2D eigenvalue weighted by Gasteiger charge is 2.17. The maximum absolute atomic E-state index is 12.6. The number of hydrogen-bond donors (Lipinski definition) is 2. The molecular formula is C63H64N2O7S4Si3. The van der Waals surface area contributed by atoms with Gasteiger partial charge in [0.05, 0.1) is 14.2 Å². The van der Waals surface area contributed by atoms with Crippen LogP contribution in [0.25, 0.3) is 40.3 Å². The summed E-state index contributed by atoms with van der Waals surface area (Å²) < 4.78 is 15.1. The fourth-order valence-corrected chi connectivity index (χ4v) is 12.6. The molecule has 4 heterocycles. The monoisotopic (exact) mass is 1170 g/mol. The Morgan fingerprint density at radius 1 is 0.582 bits per heavy atom. The molecule has 4 aromatic heterocycles. The molecule has 9 aromatic rings. The Bertz CT molecular complexity index is 3850. The second kappa shape index (κ2) is 28.2. The summed E-state index contributed by atoms with van der Waals surface area (Å²) in [5.41, 5.74) is 16.6. The molecule has 0 fully saturated rings. The van der Waals surface area contributed by atoms with Gasteiger partial charge in [0.1, 0.15) is 36.0 Å². The number of ketones is 2. The Balaban J connectivity index is 0.000000187. The molecule has 0 aliphatic rings. The van der Waals surface area contributed by atoms with E-state index in [2.05, 4.69) is 110 Å². The normalized spacial score (nSPS) is 11.6. The minimum Gasteiger partial charge on any atom is -0.493 e. The number of aldehydes is 1. The van der Waals surface area contributed by atoms with Crippen molar-refractivity contribution in [1.82, 2.24) is 5.43 Å². The van der Waals surface area contributed by atoms with Crippen LogP contribution < -0.4 is 14.9 Å². The molecule has 0 bridgehead atoms. The molecule has 0 spiro atoms. The van der Waals surface area contributed by atoms with E-state index in [0.29, 0.717) is 22.8 Å². The lowest BCUT2D eigenvalue weighted by molar-refractivity contribution is -0.121. The number of carbonyl (C=O) groups is 4. The SMILES string of the molecule is COc1ccc(C(=O)CCC(=O)N/N=C(\C#C[Si](C)(C)C)c2csc3ccccc23)cc1OC.C[Si](C)(C)C#CC(=O)c1csc2ccccc12.C[Si](C)(C)C#CC(O)c1csc2ccccc12.O=Cc1csc2ccccc12. The third-order valence-electron chi connectivity index (χ3n) is 11.2. The van der Waals surface area contributed by atoms with Crippen LogP contribution in [-0.2, 0) is 4.79 Å². The number of hydrogen-bond acceptors (Lipinski definition) is 12. The van der Waals surface area contributed by atoms with Gasteiger partial charge in [0, 0.05) is 91.8 Å². The van der Waals surface area contributed by atoms with Gasteiger partial charge in [-0.3, -0.25) is 19.2 Å². The minimum atomic E-state index is -1.65. The van der Waals surface area contributed by atoms with Gasteiger partial charge in [-0.2, -0.15) is 5.10 Å². The Hall–Kier alpha value is -7.02. The highest BCUT2D eigenvalue weighted by molar-refractivity contribution is 7.18. The zero-order valence-electron chi connectivity index (χ0n) is 46.3. The first-order chi connectivity index (χ1) is 37.6. The molecule has 1 amide bonds. The molecule has 404 valence electrons. The Kier molecular flexibility index (Phi) is 21.9. The first-order valence-electron chi connectivity index (χ1n) is 25.3. The van der Waals surface area contributed by atoms with E-state index in [4.69, 9.17) is 9.47 Å². The van der Waals surface area contributed by atoms with Crippen LogP contribution in [0.5, 0.6) is 11.5 Å². The number of fused-ring (bicyclic) bond motifs is 4. The second-order valence-electron chi connectivity index (χ2n) is 21.0. The van der Waals surface area contributed by atoms with Crippen LogP contribution in [-0.4, -0.2) is 73.0 Å². The van der Waals surface area contributed by atoms with E-state index in [9.17, 15) is 24.3 Å². The number of rotatable bonds is 11. The third-order valence-corrected chi connectivity index (χ3v) is 17.7. The van der Waals surface area contributed by atoms with Gasteiger partial charge in [0.25, 0.3) is 0 Å². The number of benzene rings is 5. The number of Topliss-reactive ketones (excluding diaryl/α,β-unsaturated/α-hetero) is 2. The zero-order chi connectivity index (χ0) is 57.3. The van der Waals surface area contributed by atoms with E-state index in [1.54, 1.807) is 63.5 Å². The minimum absolute atomic E-state index is 0.00971. The van der Waals surface area contributed by atoms with Gasteiger partial charge in [0.2, 0.25) is 11.7 Å². The molecule has 0 saturated carbocycles. The van der Waals surface area contributed by atoms with Crippen molar-refractivity contribution in [3.63, 3.8) is 0 Å². The van der Waals surface area contributed by atoms with Crippen LogP contribution in [0.15, 0.2) is 142 Å². The van der Waals surface area contributed by atoms with E-state index in [1.165, 1.54) is 23.6 Å². The van der Waals surface area contributed by atoms with Crippen LogP contribution in [0.2, 0.25) is 58.9 Å². The van der Waals surface area contributed by atoms with Crippen molar-refractivity contribution in [1.29, 1.82) is 0 Å². The van der Waals surface area contributed by atoms with Crippen molar-refractivity contribution >= 4 is 139 Å². The molecule has 0 saturated heterocycles. The standard InChI is InChI=1S/C26H28N2O4SSi.C14H16OSSi.C14H14OSSi.C9H6OS/c1-31-23-12-10-18(16-24(23)32-2)22(29)11-13-26(30)28-27-21(14-15-34(3,4)5)20-17-33-25-9-7-6-8-19(20)25;2*1-17(2,3)9-8-13(15)12-10-16-14-7-5-4-6-11(12)14;10-5-7-6-11-9-4-2-1-3-8(7)9/h6-10,12,16-17H,11,13H2,1-5H3,(H,28,30);4-7,10,13,15H,1-3H3;4-7,10H,1-3H3;1-6H/b27-21+;;;. The summed E-state index contributed by atoms with van der Waals surface area (Å²) >= 11 is 6.48. The Morgan fingerprint density at radius 2 is 1.06 bits per heavy atom. The molecule has 0 radical (unpaired) electrons. The van der Waals surface area contributed by atoms with E-state index in [-0.39, 0.29) is 30.3 Å². The van der Waals surface area contributed by atoms with E-state index in [0.717, 1.165) is 59.5 Å². The van der Waals surface area contributed by atoms with Crippen molar-refractivity contribution in [2.75, 3.05) is 14.2 Å². The lowest BCUT2D eigenvalue weighted by atomic mass is 10.1. The van der Waals surface area contributed by atoms with E-state index in [1.807, 2.05) is 113 Å². The van der Waals surface area contributed by atoms with Crippen molar-refractivity contribution < 1.29 is 33.8 Å². The number of amides is 1. The van der Waals surface area contributed by atoms with E-state index < -0.39 is 30.3 Å². The number of carbonyl (C=O) groups excluding carboxylic acids is 4. The van der Waals surface area contributed by atoms with Crippen molar-refractivity contribution in [3.8, 4) is 45.9 Å². The summed E-state index contributed by atoms with van der Waals surface area (Å²) in [6.07, 6.45) is 0.306. The lowest BCUT2D eigenvalue weighted by Gasteiger charge is -2.09. The number of nitrogens with zero attached hydrogens (tertiary/aromatic N) is 1. The largest absolute Gasteiger partial charge is 0.493 e. The van der Waals surface area contributed by atoms with Crippen LogP contribution in [0, 0.1) is 34.4 Å². The number of methoxy groups -OCH3 is 2. The molecule has 9 rings (SSSR count). The molecule has 9 nitrogen and oxygen atoms in total. The molecule has 5 aromatic carbocycles. The van der Waals surface area contributed by atoms with Gasteiger partial charge in [0.15, 0.2) is 23.6 Å². The van der Waals surface area contributed by atoms with E-state index >= 15 is 0 Å². The summed E-state index contributed by atoms with van der Waals surface area (Å²) in [4.78, 5) is 47.6. The van der Waals surface area contributed by atoms with Crippen molar-refractivity contribution in [2.24, 2.45) is 5.10 Å². The number of hydrazone groups is 1. The average Bonchev–Trinajstić information content (AvgIpc) is 4.32. The van der Waals surface area contributed by atoms with Crippen molar-refractivity contribution in [2.45, 2.75) is 77.9 Å². The van der Waals surface area contributed by atoms with Crippen LogP contribution in [0.3, 0.4) is 0 Å². The van der Waals surface area contributed by atoms with Gasteiger partial charge in [-0.05, 0) is 59.2 Å². The van der Waals surface area contributed by atoms with Crippen LogP contribution in [0.1, 0.15) is 61.1 Å². The Labute approximate surface area is 482 Å². The summed E-state index contributed by atoms with van der Waals surface area (Å²) in [5, 5.41) is 26.5. The summed E-state index contributed by atoms with van der Waals surface area (Å²) in [7, 11) is -1.51. The molecule has 0 aliphatic heterocycles.